The van der Waals surface area contributed by atoms with Crippen LogP contribution in [0, 0.1) is 22.7 Å². The van der Waals surface area contributed by atoms with Gasteiger partial charge in [-0.25, -0.2) is 0 Å². The summed E-state index contributed by atoms with van der Waals surface area (Å²) in [5, 5.41) is 17.1. The van der Waals surface area contributed by atoms with Crippen molar-refractivity contribution in [2.24, 2.45) is 0 Å². The molecule has 0 N–H and O–H groups in total. The van der Waals surface area contributed by atoms with Crippen molar-refractivity contribution < 1.29 is 0 Å². The van der Waals surface area contributed by atoms with E-state index in [1.807, 2.05) is 60.7 Å². The van der Waals surface area contributed by atoms with Crippen molar-refractivity contribution in [3.63, 3.8) is 0 Å². The third kappa shape index (κ3) is 3.46. The average molecular weight is 260 g/mol. The van der Waals surface area contributed by atoms with Crippen molar-refractivity contribution in [3.05, 3.63) is 71.8 Å². The lowest BCUT2D eigenvalue weighted by atomic mass is 9.98. The fraction of sp³-hybridized carbons (Fsp3) is 0.222. The monoisotopic (exact) mass is 260 g/mol. The van der Waals surface area contributed by atoms with Crippen LogP contribution in [0.15, 0.2) is 60.7 Å². The van der Waals surface area contributed by atoms with E-state index in [9.17, 15) is 0 Å². The zero-order chi connectivity index (χ0) is 14.3. The second-order valence-electron chi connectivity index (χ2n) is 4.88. The molecule has 0 atom stereocenters. The second kappa shape index (κ2) is 6.55. The summed E-state index contributed by atoms with van der Waals surface area (Å²) in [6, 6.07) is 24.2. The summed E-state index contributed by atoms with van der Waals surface area (Å²) in [5.74, 6) is 0. The fourth-order valence-corrected chi connectivity index (χ4v) is 2.03. The van der Waals surface area contributed by atoms with E-state index in [1.165, 1.54) is 5.56 Å². The molecule has 1 fully saturated rings. The van der Waals surface area contributed by atoms with Gasteiger partial charge in [-0.15, -0.1) is 0 Å². The first-order chi connectivity index (χ1) is 9.80. The normalized spacial score (nSPS) is 14.1. The van der Waals surface area contributed by atoms with E-state index in [2.05, 4.69) is 12.1 Å². The summed E-state index contributed by atoms with van der Waals surface area (Å²) >= 11 is 0. The Labute approximate surface area is 119 Å². The Balaban J connectivity index is 0.000000151. The van der Waals surface area contributed by atoms with Crippen molar-refractivity contribution in [3.8, 4) is 12.1 Å². The lowest BCUT2D eigenvalue weighted by Crippen LogP contribution is -2.00. The summed E-state index contributed by atoms with van der Waals surface area (Å²) in [4.78, 5) is 0. The van der Waals surface area contributed by atoms with Crippen LogP contribution in [0.4, 0.5) is 0 Å². The highest BCUT2D eigenvalue weighted by Gasteiger charge is 2.44. The summed E-state index contributed by atoms with van der Waals surface area (Å²) in [6.45, 7) is 0. The van der Waals surface area contributed by atoms with Gasteiger partial charge in [0.25, 0.3) is 0 Å². The SMILES string of the molecule is N#CC1(c2ccccc2)CC1.N#CCc1ccccc1. The van der Waals surface area contributed by atoms with Gasteiger partial charge in [-0.2, -0.15) is 10.5 Å². The van der Waals surface area contributed by atoms with Gasteiger partial charge >= 0.3 is 0 Å². The summed E-state index contributed by atoms with van der Waals surface area (Å²) < 4.78 is 0. The molecule has 1 saturated carbocycles. The summed E-state index contributed by atoms with van der Waals surface area (Å²) in [7, 11) is 0. The lowest BCUT2D eigenvalue weighted by Gasteiger charge is -2.03. The van der Waals surface area contributed by atoms with Crippen LogP contribution in [0.3, 0.4) is 0 Å². The van der Waals surface area contributed by atoms with E-state index in [4.69, 9.17) is 10.5 Å². The molecule has 0 aliphatic heterocycles. The number of nitriles is 2. The van der Waals surface area contributed by atoms with Crippen LogP contribution in [0.2, 0.25) is 0 Å². The number of nitrogens with zero attached hydrogens (tertiary/aromatic N) is 2. The van der Waals surface area contributed by atoms with E-state index in [0.717, 1.165) is 18.4 Å². The topological polar surface area (TPSA) is 47.6 Å². The van der Waals surface area contributed by atoms with Crippen LogP contribution < -0.4 is 0 Å². The van der Waals surface area contributed by atoms with Gasteiger partial charge in [0.15, 0.2) is 0 Å². The summed E-state index contributed by atoms with van der Waals surface area (Å²) in [5.41, 5.74) is 2.16. The Morgan fingerprint density at radius 2 is 1.40 bits per heavy atom. The van der Waals surface area contributed by atoms with Crippen molar-refractivity contribution in [2.75, 3.05) is 0 Å². The lowest BCUT2D eigenvalue weighted by molar-refractivity contribution is 0.909. The van der Waals surface area contributed by atoms with Gasteiger partial charge in [0.2, 0.25) is 0 Å². The maximum Gasteiger partial charge on any atom is 0.0823 e. The van der Waals surface area contributed by atoms with Gasteiger partial charge in [-0.3, -0.25) is 0 Å². The fourth-order valence-electron chi connectivity index (χ4n) is 2.03. The molecule has 2 aromatic carbocycles. The molecule has 0 aromatic heterocycles. The van der Waals surface area contributed by atoms with Gasteiger partial charge in [-0.05, 0) is 24.0 Å². The molecule has 0 saturated heterocycles. The molecule has 0 spiro atoms. The van der Waals surface area contributed by atoms with Crippen molar-refractivity contribution in [1.29, 1.82) is 10.5 Å². The molecule has 0 bridgehead atoms. The predicted octanol–water partition coefficient (Wildman–Crippen LogP) is 3.99. The van der Waals surface area contributed by atoms with Gasteiger partial charge in [0.1, 0.15) is 0 Å². The number of rotatable bonds is 2. The highest BCUT2D eigenvalue weighted by atomic mass is 14.5. The quantitative estimate of drug-likeness (QED) is 0.819. The van der Waals surface area contributed by atoms with Crippen molar-refractivity contribution >= 4 is 0 Å². The molecule has 0 radical (unpaired) electrons. The zero-order valence-electron chi connectivity index (χ0n) is 11.3. The van der Waals surface area contributed by atoms with Crippen molar-refractivity contribution in [2.45, 2.75) is 24.7 Å². The summed E-state index contributed by atoms with van der Waals surface area (Å²) in [6.07, 6.45) is 2.59. The van der Waals surface area contributed by atoms with E-state index in [0.29, 0.717) is 6.42 Å². The van der Waals surface area contributed by atoms with Crippen LogP contribution in [0.25, 0.3) is 0 Å². The zero-order valence-corrected chi connectivity index (χ0v) is 11.3. The van der Waals surface area contributed by atoms with Gasteiger partial charge < -0.3 is 0 Å². The molecule has 3 rings (SSSR count). The van der Waals surface area contributed by atoms with Crippen LogP contribution >= 0.6 is 0 Å². The van der Waals surface area contributed by atoms with Gasteiger partial charge in [0, 0.05) is 0 Å². The van der Waals surface area contributed by atoms with Crippen LogP contribution in [0.1, 0.15) is 24.0 Å². The molecule has 1 aliphatic rings. The Morgan fingerprint density at radius 1 is 0.850 bits per heavy atom. The molecule has 2 aromatic rings. The number of benzene rings is 2. The smallest absolute Gasteiger partial charge is 0.0823 e. The third-order valence-electron chi connectivity index (χ3n) is 3.42. The first-order valence-corrected chi connectivity index (χ1v) is 6.68. The van der Waals surface area contributed by atoms with Gasteiger partial charge in [0.05, 0.1) is 24.0 Å². The maximum atomic E-state index is 8.86. The highest BCUT2D eigenvalue weighted by Crippen LogP contribution is 2.47. The number of hydrogen-bond donors (Lipinski definition) is 0. The predicted molar refractivity (Wildman–Crippen MR) is 78.7 cm³/mol. The first-order valence-electron chi connectivity index (χ1n) is 6.68. The van der Waals surface area contributed by atoms with E-state index < -0.39 is 0 Å². The van der Waals surface area contributed by atoms with Crippen LogP contribution in [-0.4, -0.2) is 0 Å². The Kier molecular flexibility index (Phi) is 4.53. The third-order valence-corrected chi connectivity index (χ3v) is 3.42. The minimum atomic E-state index is -0.110. The molecule has 0 heterocycles. The molecule has 1 aliphatic carbocycles. The van der Waals surface area contributed by atoms with Crippen molar-refractivity contribution in [1.82, 2.24) is 0 Å². The first kappa shape index (κ1) is 13.8. The molecule has 2 nitrogen and oxygen atoms in total. The molecule has 20 heavy (non-hydrogen) atoms. The Morgan fingerprint density at radius 3 is 1.85 bits per heavy atom. The second-order valence-corrected chi connectivity index (χ2v) is 4.88. The van der Waals surface area contributed by atoms with E-state index >= 15 is 0 Å². The molecule has 0 unspecified atom stereocenters. The minimum absolute atomic E-state index is 0.110. The maximum absolute atomic E-state index is 8.86. The van der Waals surface area contributed by atoms with E-state index in [-0.39, 0.29) is 5.41 Å². The van der Waals surface area contributed by atoms with Crippen LogP contribution in [0.5, 0.6) is 0 Å². The molecular formula is C18H16N2. The standard InChI is InChI=1S/C10H9N.C8H7N/c11-8-10(6-7-10)9-4-2-1-3-5-9;9-7-6-8-4-2-1-3-5-8/h1-5H,6-7H2;1-5H,6H2. The molecule has 98 valence electrons. The molecule has 2 heteroatoms. The molecular weight excluding hydrogens is 244 g/mol. The van der Waals surface area contributed by atoms with Crippen LogP contribution in [-0.2, 0) is 11.8 Å². The minimum Gasteiger partial charge on any atom is -0.198 e. The van der Waals surface area contributed by atoms with E-state index in [1.54, 1.807) is 0 Å². The largest absolute Gasteiger partial charge is 0.198 e. The number of hydrogen-bond acceptors (Lipinski definition) is 2. The molecule has 0 amide bonds. The van der Waals surface area contributed by atoms with Gasteiger partial charge in [-0.1, -0.05) is 60.7 Å². The average Bonchev–Trinajstić information content (AvgIpc) is 3.32. The Hall–Kier alpha value is -2.58. The highest BCUT2D eigenvalue weighted by molar-refractivity contribution is 5.38. The Bertz CT molecular complexity index is 614.